The van der Waals surface area contributed by atoms with Gasteiger partial charge in [-0.15, -0.1) is 0 Å². The summed E-state index contributed by atoms with van der Waals surface area (Å²) in [5.41, 5.74) is 0.0604. The highest BCUT2D eigenvalue weighted by molar-refractivity contribution is 5.94. The Hall–Kier alpha value is -4.00. The topological polar surface area (TPSA) is 115 Å². The molecule has 1 N–H and O–H groups in total. The standard InChI is InChI=1S/C21H19F3N6O4/c22-21(23,24)15-3-6-18(28-7-9-34-10-8-28)17(11-15)26-19(31)12-29-13-25-20(27-29)14-1-4-16(5-2-14)30(32)33/h1-6,11,13H,7-10,12H2,(H,26,31). The first-order chi connectivity index (χ1) is 16.2. The minimum Gasteiger partial charge on any atom is -0.378 e. The van der Waals surface area contributed by atoms with Crippen molar-refractivity contribution in [2.45, 2.75) is 12.7 Å². The molecule has 0 radical (unpaired) electrons. The number of benzene rings is 2. The summed E-state index contributed by atoms with van der Waals surface area (Å²) >= 11 is 0. The van der Waals surface area contributed by atoms with E-state index < -0.39 is 22.6 Å². The third kappa shape index (κ3) is 5.31. The molecule has 10 nitrogen and oxygen atoms in total. The molecule has 2 aromatic carbocycles. The third-order valence-corrected chi connectivity index (χ3v) is 5.13. The van der Waals surface area contributed by atoms with Gasteiger partial charge in [0, 0.05) is 30.8 Å². The van der Waals surface area contributed by atoms with E-state index in [1.165, 1.54) is 41.3 Å². The third-order valence-electron chi connectivity index (χ3n) is 5.13. The highest BCUT2D eigenvalue weighted by Gasteiger charge is 2.32. The summed E-state index contributed by atoms with van der Waals surface area (Å²) in [5, 5.41) is 17.5. The monoisotopic (exact) mass is 476 g/mol. The summed E-state index contributed by atoms with van der Waals surface area (Å²) in [5.74, 6) is -0.343. The van der Waals surface area contributed by atoms with Gasteiger partial charge in [-0.1, -0.05) is 0 Å². The molecular formula is C21H19F3N6O4. The molecule has 1 aromatic heterocycles. The van der Waals surface area contributed by atoms with Gasteiger partial charge in [0.05, 0.1) is 35.1 Å². The summed E-state index contributed by atoms with van der Waals surface area (Å²) in [6.07, 6.45) is -3.26. The zero-order valence-corrected chi connectivity index (χ0v) is 17.7. The van der Waals surface area contributed by atoms with E-state index >= 15 is 0 Å². The molecule has 178 valence electrons. The summed E-state index contributed by atoms with van der Waals surface area (Å²) < 4.78 is 46.3. The van der Waals surface area contributed by atoms with Crippen LogP contribution in [0, 0.1) is 10.1 Å². The van der Waals surface area contributed by atoms with E-state index in [0.717, 1.165) is 12.1 Å². The Morgan fingerprint density at radius 1 is 1.15 bits per heavy atom. The first-order valence-electron chi connectivity index (χ1n) is 10.2. The largest absolute Gasteiger partial charge is 0.416 e. The zero-order chi connectivity index (χ0) is 24.3. The van der Waals surface area contributed by atoms with Crippen LogP contribution in [0.1, 0.15) is 5.56 Å². The fraction of sp³-hybridized carbons (Fsp3) is 0.286. The smallest absolute Gasteiger partial charge is 0.378 e. The van der Waals surface area contributed by atoms with Crippen LogP contribution in [0.2, 0.25) is 0 Å². The maximum Gasteiger partial charge on any atom is 0.416 e. The van der Waals surface area contributed by atoms with Crippen molar-refractivity contribution >= 4 is 23.0 Å². The second-order valence-corrected chi connectivity index (χ2v) is 7.45. The van der Waals surface area contributed by atoms with Crippen molar-refractivity contribution in [3.8, 4) is 11.4 Å². The lowest BCUT2D eigenvalue weighted by atomic mass is 10.1. The van der Waals surface area contributed by atoms with Crippen LogP contribution in [0.3, 0.4) is 0 Å². The number of nitro groups is 1. The van der Waals surface area contributed by atoms with Crippen molar-refractivity contribution in [3.05, 3.63) is 64.5 Å². The number of rotatable bonds is 6. The van der Waals surface area contributed by atoms with E-state index in [-0.39, 0.29) is 23.7 Å². The van der Waals surface area contributed by atoms with Gasteiger partial charge < -0.3 is 15.0 Å². The van der Waals surface area contributed by atoms with Crippen molar-refractivity contribution in [1.82, 2.24) is 14.8 Å². The van der Waals surface area contributed by atoms with Crippen LogP contribution >= 0.6 is 0 Å². The molecule has 1 saturated heterocycles. The summed E-state index contributed by atoms with van der Waals surface area (Å²) in [6, 6.07) is 8.81. The Labute approximate surface area is 191 Å². The van der Waals surface area contributed by atoms with Crippen LogP contribution in [0.5, 0.6) is 0 Å². The van der Waals surface area contributed by atoms with E-state index in [1.807, 2.05) is 4.90 Å². The van der Waals surface area contributed by atoms with Gasteiger partial charge in [0.1, 0.15) is 12.9 Å². The van der Waals surface area contributed by atoms with E-state index in [1.54, 1.807) is 0 Å². The fourth-order valence-corrected chi connectivity index (χ4v) is 3.46. The Morgan fingerprint density at radius 2 is 1.85 bits per heavy atom. The molecule has 13 heteroatoms. The van der Waals surface area contributed by atoms with Gasteiger partial charge >= 0.3 is 6.18 Å². The second kappa shape index (κ2) is 9.47. The molecule has 0 bridgehead atoms. The first-order valence-corrected chi connectivity index (χ1v) is 10.2. The van der Waals surface area contributed by atoms with Crippen LogP contribution in [0.25, 0.3) is 11.4 Å². The van der Waals surface area contributed by atoms with Crippen LogP contribution in [0.15, 0.2) is 48.8 Å². The van der Waals surface area contributed by atoms with Crippen LogP contribution in [-0.2, 0) is 22.3 Å². The number of halogens is 3. The number of hydrogen-bond donors (Lipinski definition) is 1. The van der Waals surface area contributed by atoms with Gasteiger partial charge in [-0.3, -0.25) is 14.9 Å². The number of hydrogen-bond acceptors (Lipinski definition) is 7. The molecule has 0 aliphatic carbocycles. The number of amides is 1. The first kappa shape index (κ1) is 23.2. The number of nitrogens with one attached hydrogen (secondary N) is 1. The molecule has 1 aliphatic rings. The lowest BCUT2D eigenvalue weighted by Gasteiger charge is -2.31. The fourth-order valence-electron chi connectivity index (χ4n) is 3.46. The second-order valence-electron chi connectivity index (χ2n) is 7.45. The molecule has 0 spiro atoms. The summed E-state index contributed by atoms with van der Waals surface area (Å²) in [4.78, 5) is 28.8. The Balaban J connectivity index is 1.50. The quantitative estimate of drug-likeness (QED) is 0.429. The van der Waals surface area contributed by atoms with E-state index in [9.17, 15) is 28.1 Å². The lowest BCUT2D eigenvalue weighted by molar-refractivity contribution is -0.384. The molecule has 34 heavy (non-hydrogen) atoms. The highest BCUT2D eigenvalue weighted by Crippen LogP contribution is 2.35. The van der Waals surface area contributed by atoms with Crippen LogP contribution < -0.4 is 10.2 Å². The van der Waals surface area contributed by atoms with Crippen LogP contribution in [0.4, 0.5) is 30.2 Å². The number of aromatic nitrogens is 3. The highest BCUT2D eigenvalue weighted by atomic mass is 19.4. The number of non-ortho nitro benzene ring substituents is 1. The molecule has 1 amide bonds. The normalized spacial score (nSPS) is 14.1. The summed E-state index contributed by atoms with van der Waals surface area (Å²) in [7, 11) is 0. The molecule has 2 heterocycles. The van der Waals surface area contributed by atoms with Gasteiger partial charge in [0.25, 0.3) is 5.69 Å². The number of alkyl halides is 3. The number of nitrogens with zero attached hydrogens (tertiary/aromatic N) is 5. The number of ether oxygens (including phenoxy) is 1. The van der Waals surface area contributed by atoms with E-state index in [4.69, 9.17) is 4.74 Å². The number of nitro benzene ring substituents is 1. The average Bonchev–Trinajstić information content (AvgIpc) is 3.27. The molecule has 1 aliphatic heterocycles. The summed E-state index contributed by atoms with van der Waals surface area (Å²) in [6.45, 7) is 1.53. The Kier molecular flexibility index (Phi) is 6.45. The van der Waals surface area contributed by atoms with Crippen molar-refractivity contribution in [2.24, 2.45) is 0 Å². The molecule has 0 atom stereocenters. The van der Waals surface area contributed by atoms with Gasteiger partial charge in [-0.05, 0) is 30.3 Å². The minimum absolute atomic E-state index is 0.0393. The van der Waals surface area contributed by atoms with Crippen molar-refractivity contribution in [1.29, 1.82) is 0 Å². The van der Waals surface area contributed by atoms with E-state index in [2.05, 4.69) is 15.4 Å². The number of anilines is 2. The Morgan fingerprint density at radius 3 is 2.50 bits per heavy atom. The lowest BCUT2D eigenvalue weighted by Crippen LogP contribution is -2.37. The zero-order valence-electron chi connectivity index (χ0n) is 17.7. The van der Waals surface area contributed by atoms with Crippen LogP contribution in [-0.4, -0.2) is 51.9 Å². The molecular weight excluding hydrogens is 457 g/mol. The SMILES string of the molecule is O=C(Cn1cnc(-c2ccc([N+](=O)[O-])cc2)n1)Nc1cc(C(F)(F)F)ccc1N1CCOCC1. The molecule has 4 rings (SSSR count). The van der Waals surface area contributed by atoms with Crippen molar-refractivity contribution in [2.75, 3.05) is 36.5 Å². The van der Waals surface area contributed by atoms with Crippen molar-refractivity contribution < 1.29 is 27.6 Å². The molecule has 0 saturated carbocycles. The van der Waals surface area contributed by atoms with Gasteiger partial charge in [0.15, 0.2) is 5.82 Å². The molecule has 1 fully saturated rings. The minimum atomic E-state index is -4.56. The van der Waals surface area contributed by atoms with Crippen molar-refractivity contribution in [3.63, 3.8) is 0 Å². The maximum absolute atomic E-state index is 13.3. The van der Waals surface area contributed by atoms with Gasteiger partial charge in [-0.25, -0.2) is 9.67 Å². The van der Waals surface area contributed by atoms with Gasteiger partial charge in [-0.2, -0.15) is 18.3 Å². The predicted octanol–water partition coefficient (Wildman–Crippen LogP) is 3.35. The van der Waals surface area contributed by atoms with Gasteiger partial charge in [0.2, 0.25) is 5.91 Å². The number of morpholine rings is 1. The molecule has 3 aromatic rings. The average molecular weight is 476 g/mol. The molecule has 0 unspecified atom stereocenters. The number of carbonyl (C=O) groups is 1. The number of carbonyl (C=O) groups excluding carboxylic acids is 1. The maximum atomic E-state index is 13.3. The van der Waals surface area contributed by atoms with E-state index in [0.29, 0.717) is 37.6 Å². The predicted molar refractivity (Wildman–Crippen MR) is 115 cm³/mol. The Bertz CT molecular complexity index is 1190.